The van der Waals surface area contributed by atoms with Gasteiger partial charge in [-0.15, -0.1) is 0 Å². The largest absolute Gasteiger partial charge is 0.360 e. The first kappa shape index (κ1) is 12.7. The zero-order valence-corrected chi connectivity index (χ0v) is 11.4. The molecule has 0 aliphatic carbocycles. The fourth-order valence-electron chi connectivity index (χ4n) is 2.24. The molecule has 0 spiro atoms. The number of carbonyl (C=O) groups excluding carboxylic acids is 1. The summed E-state index contributed by atoms with van der Waals surface area (Å²) in [6.45, 7) is 7.13. The van der Waals surface area contributed by atoms with Gasteiger partial charge in [0.1, 0.15) is 0 Å². The van der Waals surface area contributed by atoms with Crippen LogP contribution in [0.15, 0.2) is 30.5 Å². The summed E-state index contributed by atoms with van der Waals surface area (Å²) in [6.07, 6.45) is 1.80. The van der Waals surface area contributed by atoms with E-state index in [9.17, 15) is 4.79 Å². The van der Waals surface area contributed by atoms with Crippen molar-refractivity contribution in [1.29, 1.82) is 0 Å². The second kappa shape index (κ2) is 4.48. The third kappa shape index (κ3) is 2.55. The molecule has 0 aliphatic heterocycles. The lowest BCUT2D eigenvalue weighted by Gasteiger charge is -2.26. The highest BCUT2D eigenvalue weighted by molar-refractivity contribution is 6.06. The van der Waals surface area contributed by atoms with Gasteiger partial charge in [-0.1, -0.05) is 39.0 Å². The Morgan fingerprint density at radius 3 is 2.61 bits per heavy atom. The zero-order valence-electron chi connectivity index (χ0n) is 11.4. The van der Waals surface area contributed by atoms with Gasteiger partial charge >= 0.3 is 0 Å². The van der Waals surface area contributed by atoms with E-state index < -0.39 is 0 Å². The Kier molecular flexibility index (Phi) is 3.16. The van der Waals surface area contributed by atoms with Crippen LogP contribution < -0.4 is 0 Å². The molecule has 18 heavy (non-hydrogen) atoms. The number of fused-ring (bicyclic) bond motifs is 1. The lowest BCUT2D eigenvalue weighted by Crippen LogP contribution is -2.34. The number of carbonyl (C=O) groups is 1. The number of aromatic amines is 1. The first-order valence-electron chi connectivity index (χ1n) is 6.20. The Morgan fingerprint density at radius 1 is 1.28 bits per heavy atom. The molecule has 1 amide bonds. The molecular formula is C15H20N2O. The molecule has 0 bridgehead atoms. The second-order valence-electron chi connectivity index (χ2n) is 5.97. The maximum absolute atomic E-state index is 12.4. The molecule has 0 unspecified atom stereocenters. The lowest BCUT2D eigenvalue weighted by molar-refractivity contribution is 0.0747. The smallest absolute Gasteiger partial charge is 0.255 e. The molecule has 2 rings (SSSR count). The summed E-state index contributed by atoms with van der Waals surface area (Å²) in [5.41, 5.74) is 1.86. The van der Waals surface area contributed by atoms with Crippen LogP contribution >= 0.6 is 0 Å². The topological polar surface area (TPSA) is 36.1 Å². The van der Waals surface area contributed by atoms with Crippen molar-refractivity contribution in [3.63, 3.8) is 0 Å². The number of H-pyrrole nitrogens is 1. The first-order chi connectivity index (χ1) is 8.38. The molecule has 3 nitrogen and oxygen atoms in total. The van der Waals surface area contributed by atoms with Gasteiger partial charge in [0.05, 0.1) is 5.56 Å². The number of aromatic nitrogens is 1. The number of benzene rings is 1. The van der Waals surface area contributed by atoms with Gasteiger partial charge < -0.3 is 9.88 Å². The van der Waals surface area contributed by atoms with E-state index >= 15 is 0 Å². The van der Waals surface area contributed by atoms with Gasteiger partial charge in [0, 0.05) is 30.7 Å². The quantitative estimate of drug-likeness (QED) is 0.864. The van der Waals surface area contributed by atoms with Crippen LogP contribution in [-0.2, 0) is 0 Å². The van der Waals surface area contributed by atoms with Crippen molar-refractivity contribution in [3.8, 4) is 0 Å². The van der Waals surface area contributed by atoms with E-state index in [-0.39, 0.29) is 11.3 Å². The van der Waals surface area contributed by atoms with Gasteiger partial charge in [0.2, 0.25) is 0 Å². The number of nitrogens with one attached hydrogen (secondary N) is 1. The Hall–Kier alpha value is -1.77. The summed E-state index contributed by atoms with van der Waals surface area (Å²) >= 11 is 0. The molecule has 0 fully saturated rings. The van der Waals surface area contributed by atoms with Crippen LogP contribution in [0.2, 0.25) is 0 Å². The summed E-state index contributed by atoms with van der Waals surface area (Å²) in [5, 5.41) is 0.989. The van der Waals surface area contributed by atoms with E-state index in [1.54, 1.807) is 11.1 Å². The van der Waals surface area contributed by atoms with Crippen LogP contribution in [0.5, 0.6) is 0 Å². The van der Waals surface area contributed by atoms with E-state index in [1.165, 1.54) is 0 Å². The first-order valence-corrected chi connectivity index (χ1v) is 6.20. The Bertz CT molecular complexity index is 563. The van der Waals surface area contributed by atoms with Crippen molar-refractivity contribution in [2.75, 3.05) is 13.6 Å². The van der Waals surface area contributed by atoms with Crippen LogP contribution in [0, 0.1) is 5.41 Å². The van der Waals surface area contributed by atoms with Gasteiger partial charge in [-0.05, 0) is 11.5 Å². The van der Waals surface area contributed by atoms with Crippen LogP contribution in [0.1, 0.15) is 31.1 Å². The third-order valence-electron chi connectivity index (χ3n) is 2.88. The Balaban J connectivity index is 2.29. The summed E-state index contributed by atoms with van der Waals surface area (Å²) in [6, 6.07) is 7.88. The molecule has 0 aliphatic rings. The van der Waals surface area contributed by atoms with Crippen molar-refractivity contribution >= 4 is 16.8 Å². The minimum Gasteiger partial charge on any atom is -0.360 e. The highest BCUT2D eigenvalue weighted by atomic mass is 16.2. The molecule has 0 saturated carbocycles. The average Bonchev–Trinajstić information content (AvgIpc) is 2.69. The number of nitrogens with zero attached hydrogens (tertiary/aromatic N) is 1. The molecule has 0 atom stereocenters. The predicted octanol–water partition coefficient (Wildman–Crippen LogP) is 3.29. The Morgan fingerprint density at radius 2 is 1.94 bits per heavy atom. The van der Waals surface area contributed by atoms with Crippen molar-refractivity contribution in [2.45, 2.75) is 20.8 Å². The monoisotopic (exact) mass is 244 g/mol. The molecule has 3 heteroatoms. The van der Waals surface area contributed by atoms with Crippen molar-refractivity contribution < 1.29 is 4.79 Å². The molecular weight excluding hydrogens is 224 g/mol. The molecule has 0 saturated heterocycles. The van der Waals surface area contributed by atoms with Crippen LogP contribution in [0.3, 0.4) is 0 Å². The number of rotatable bonds is 2. The number of hydrogen-bond donors (Lipinski definition) is 1. The number of hydrogen-bond acceptors (Lipinski definition) is 1. The van der Waals surface area contributed by atoms with Gasteiger partial charge in [-0.2, -0.15) is 0 Å². The van der Waals surface area contributed by atoms with Crippen LogP contribution in [0.25, 0.3) is 10.9 Å². The third-order valence-corrected chi connectivity index (χ3v) is 2.88. The van der Waals surface area contributed by atoms with E-state index in [0.29, 0.717) is 0 Å². The van der Waals surface area contributed by atoms with E-state index in [4.69, 9.17) is 0 Å². The van der Waals surface area contributed by atoms with Gasteiger partial charge in [0.25, 0.3) is 5.91 Å². The molecule has 1 heterocycles. The molecule has 96 valence electrons. The zero-order chi connectivity index (χ0) is 13.3. The van der Waals surface area contributed by atoms with Crippen molar-refractivity contribution in [2.24, 2.45) is 5.41 Å². The summed E-state index contributed by atoms with van der Waals surface area (Å²) < 4.78 is 0. The SMILES string of the molecule is CN(CC(C)(C)C)C(=O)c1c[nH]c2ccccc12. The number of amides is 1. The molecule has 1 aromatic heterocycles. The van der Waals surface area contributed by atoms with Crippen LogP contribution in [-0.4, -0.2) is 29.4 Å². The second-order valence-corrected chi connectivity index (χ2v) is 5.97. The Labute approximate surface area is 108 Å². The normalized spacial score (nSPS) is 11.8. The average molecular weight is 244 g/mol. The molecule has 1 aromatic carbocycles. The molecule has 2 aromatic rings. The standard InChI is InChI=1S/C15H20N2O/c1-15(2,3)10-17(4)14(18)12-9-16-13-8-6-5-7-11(12)13/h5-9,16H,10H2,1-4H3. The van der Waals surface area contributed by atoms with E-state index in [0.717, 1.165) is 23.0 Å². The maximum Gasteiger partial charge on any atom is 0.255 e. The van der Waals surface area contributed by atoms with Gasteiger partial charge in [-0.3, -0.25) is 4.79 Å². The highest BCUT2D eigenvalue weighted by Crippen LogP contribution is 2.21. The lowest BCUT2D eigenvalue weighted by atomic mass is 9.96. The summed E-state index contributed by atoms with van der Waals surface area (Å²) in [7, 11) is 1.86. The number of para-hydroxylation sites is 1. The summed E-state index contributed by atoms with van der Waals surface area (Å²) in [4.78, 5) is 17.3. The molecule has 0 radical (unpaired) electrons. The van der Waals surface area contributed by atoms with Crippen LogP contribution in [0.4, 0.5) is 0 Å². The molecule has 1 N–H and O–H groups in total. The summed E-state index contributed by atoms with van der Waals surface area (Å²) in [5.74, 6) is 0.0716. The fraction of sp³-hybridized carbons (Fsp3) is 0.400. The van der Waals surface area contributed by atoms with E-state index in [1.807, 2.05) is 31.3 Å². The maximum atomic E-state index is 12.4. The van der Waals surface area contributed by atoms with Gasteiger partial charge in [-0.25, -0.2) is 0 Å². The van der Waals surface area contributed by atoms with Crippen molar-refractivity contribution in [3.05, 3.63) is 36.0 Å². The minimum absolute atomic E-state index is 0.0716. The van der Waals surface area contributed by atoms with Crippen molar-refractivity contribution in [1.82, 2.24) is 9.88 Å². The highest BCUT2D eigenvalue weighted by Gasteiger charge is 2.20. The fourth-order valence-corrected chi connectivity index (χ4v) is 2.24. The predicted molar refractivity (Wildman–Crippen MR) is 74.7 cm³/mol. The minimum atomic E-state index is 0.0716. The van der Waals surface area contributed by atoms with Gasteiger partial charge in [0.15, 0.2) is 0 Å². The van der Waals surface area contributed by atoms with E-state index in [2.05, 4.69) is 25.8 Å².